The zero-order chi connectivity index (χ0) is 13.8. The van der Waals surface area contributed by atoms with Crippen LogP contribution in [0, 0.1) is 5.92 Å². The van der Waals surface area contributed by atoms with Crippen LogP contribution in [-0.4, -0.2) is 48.6 Å². The van der Waals surface area contributed by atoms with Gasteiger partial charge in [0.05, 0.1) is 25.3 Å². The van der Waals surface area contributed by atoms with Crippen LogP contribution in [0.25, 0.3) is 0 Å². The van der Waals surface area contributed by atoms with Crippen molar-refractivity contribution in [1.29, 1.82) is 0 Å². The molecule has 0 aliphatic carbocycles. The Morgan fingerprint density at radius 3 is 2.89 bits per heavy atom. The van der Waals surface area contributed by atoms with Crippen LogP contribution in [0.3, 0.4) is 0 Å². The van der Waals surface area contributed by atoms with Crippen molar-refractivity contribution in [1.82, 2.24) is 4.90 Å². The fourth-order valence-electron chi connectivity index (χ4n) is 2.56. The summed E-state index contributed by atoms with van der Waals surface area (Å²) in [6, 6.07) is 7.30. The van der Waals surface area contributed by atoms with E-state index in [9.17, 15) is 9.90 Å². The lowest BCUT2D eigenvalue weighted by Crippen LogP contribution is -2.29. The maximum Gasteiger partial charge on any atom is 0.180 e. The van der Waals surface area contributed by atoms with Gasteiger partial charge in [-0.15, -0.1) is 0 Å². The van der Waals surface area contributed by atoms with E-state index in [2.05, 4.69) is 4.90 Å². The minimum absolute atomic E-state index is 0.0729. The number of nitrogens with zero attached hydrogens (tertiary/aromatic N) is 1. The predicted octanol–water partition coefficient (Wildman–Crippen LogP) is 1.58. The number of hydrogen-bond acceptors (Lipinski definition) is 4. The molecule has 0 amide bonds. The molecule has 104 valence electrons. The molecule has 1 aliphatic rings. The van der Waals surface area contributed by atoms with E-state index in [-0.39, 0.29) is 17.8 Å². The molecular formula is C15H21NO3. The molecule has 1 aromatic carbocycles. The van der Waals surface area contributed by atoms with Gasteiger partial charge in [-0.1, -0.05) is 12.1 Å². The van der Waals surface area contributed by atoms with Gasteiger partial charge >= 0.3 is 0 Å². The Hall–Kier alpha value is -1.39. The van der Waals surface area contributed by atoms with Crippen molar-refractivity contribution in [3.63, 3.8) is 0 Å². The van der Waals surface area contributed by atoms with Crippen LogP contribution in [0.4, 0.5) is 0 Å². The van der Waals surface area contributed by atoms with Gasteiger partial charge in [0, 0.05) is 6.54 Å². The number of aliphatic hydroxyl groups is 1. The molecule has 2 atom stereocenters. The molecular weight excluding hydrogens is 242 g/mol. The number of Topliss-reactive ketones (excluding diaryl/α,β-unsaturated/α-hetero) is 1. The Balaban J connectivity index is 1.98. The summed E-state index contributed by atoms with van der Waals surface area (Å²) in [4.78, 5) is 14.4. The first kappa shape index (κ1) is 14.0. The Morgan fingerprint density at radius 2 is 2.26 bits per heavy atom. The predicted molar refractivity (Wildman–Crippen MR) is 73.6 cm³/mol. The number of carbonyl (C=O) groups excluding carboxylic acids is 1. The number of para-hydroxylation sites is 1. The molecule has 2 rings (SSSR count). The van der Waals surface area contributed by atoms with Crippen molar-refractivity contribution < 1.29 is 14.6 Å². The lowest BCUT2D eigenvalue weighted by Gasteiger charge is -2.17. The fourth-order valence-corrected chi connectivity index (χ4v) is 2.56. The number of ether oxygens (including phenoxy) is 1. The standard InChI is InChI=1S/C15H21NO3/c1-11(17)12-7-8-16(9-12)10-14(18)13-5-3-4-6-15(13)19-2/h3-6,11-12,17H,7-10H2,1-2H3. The van der Waals surface area contributed by atoms with Crippen molar-refractivity contribution in [2.24, 2.45) is 5.92 Å². The first-order valence-corrected chi connectivity index (χ1v) is 6.68. The molecule has 0 aromatic heterocycles. The van der Waals surface area contributed by atoms with Gasteiger partial charge in [0.1, 0.15) is 5.75 Å². The van der Waals surface area contributed by atoms with E-state index < -0.39 is 0 Å². The number of likely N-dealkylation sites (tertiary alicyclic amines) is 1. The average molecular weight is 263 g/mol. The Bertz CT molecular complexity index is 445. The number of aliphatic hydroxyl groups excluding tert-OH is 1. The molecule has 4 heteroatoms. The van der Waals surface area contributed by atoms with E-state index in [0.29, 0.717) is 17.9 Å². The van der Waals surface area contributed by atoms with E-state index in [1.54, 1.807) is 19.2 Å². The zero-order valence-electron chi connectivity index (χ0n) is 11.5. The summed E-state index contributed by atoms with van der Waals surface area (Å²) in [5, 5.41) is 9.57. The summed E-state index contributed by atoms with van der Waals surface area (Å²) < 4.78 is 5.21. The Labute approximate surface area is 114 Å². The van der Waals surface area contributed by atoms with E-state index in [1.807, 2.05) is 19.1 Å². The van der Waals surface area contributed by atoms with Crippen molar-refractivity contribution in [2.45, 2.75) is 19.4 Å². The van der Waals surface area contributed by atoms with Gasteiger partial charge in [0.2, 0.25) is 0 Å². The van der Waals surface area contributed by atoms with Crippen LogP contribution in [-0.2, 0) is 0 Å². The molecule has 1 aliphatic heterocycles. The monoisotopic (exact) mass is 263 g/mol. The van der Waals surface area contributed by atoms with Crippen molar-refractivity contribution in [3.05, 3.63) is 29.8 Å². The van der Waals surface area contributed by atoms with Crippen molar-refractivity contribution in [3.8, 4) is 5.75 Å². The van der Waals surface area contributed by atoms with Gasteiger partial charge in [-0.3, -0.25) is 9.69 Å². The molecule has 19 heavy (non-hydrogen) atoms. The summed E-state index contributed by atoms with van der Waals surface area (Å²) in [5.41, 5.74) is 0.630. The third kappa shape index (κ3) is 3.33. The van der Waals surface area contributed by atoms with Crippen LogP contribution in [0.5, 0.6) is 5.75 Å². The van der Waals surface area contributed by atoms with Crippen LogP contribution in [0.2, 0.25) is 0 Å². The second-order valence-electron chi connectivity index (χ2n) is 5.15. The highest BCUT2D eigenvalue weighted by Gasteiger charge is 2.27. The highest BCUT2D eigenvalue weighted by molar-refractivity contribution is 6.00. The lowest BCUT2D eigenvalue weighted by atomic mass is 10.0. The number of methoxy groups -OCH3 is 1. The van der Waals surface area contributed by atoms with Crippen LogP contribution >= 0.6 is 0 Å². The minimum Gasteiger partial charge on any atom is -0.496 e. The molecule has 0 spiro atoms. The lowest BCUT2D eigenvalue weighted by molar-refractivity contribution is 0.0922. The number of ketones is 1. The molecule has 0 radical (unpaired) electrons. The number of rotatable bonds is 5. The topological polar surface area (TPSA) is 49.8 Å². The van der Waals surface area contributed by atoms with Gasteiger partial charge in [0.15, 0.2) is 5.78 Å². The average Bonchev–Trinajstić information content (AvgIpc) is 2.87. The summed E-state index contributed by atoms with van der Waals surface area (Å²) >= 11 is 0. The summed E-state index contributed by atoms with van der Waals surface area (Å²) in [6.45, 7) is 3.87. The highest BCUT2D eigenvalue weighted by atomic mass is 16.5. The fraction of sp³-hybridized carbons (Fsp3) is 0.533. The molecule has 0 bridgehead atoms. The highest BCUT2D eigenvalue weighted by Crippen LogP contribution is 2.22. The van der Waals surface area contributed by atoms with Gasteiger partial charge in [0.25, 0.3) is 0 Å². The second kappa shape index (κ2) is 6.17. The van der Waals surface area contributed by atoms with Crippen molar-refractivity contribution >= 4 is 5.78 Å². The molecule has 2 unspecified atom stereocenters. The second-order valence-corrected chi connectivity index (χ2v) is 5.15. The summed E-state index contributed by atoms with van der Waals surface area (Å²) in [6.07, 6.45) is 0.656. The SMILES string of the molecule is COc1ccccc1C(=O)CN1CCC(C(C)O)C1. The maximum absolute atomic E-state index is 12.3. The third-order valence-electron chi connectivity index (χ3n) is 3.77. The maximum atomic E-state index is 12.3. The molecule has 1 fully saturated rings. The van der Waals surface area contributed by atoms with E-state index in [1.165, 1.54) is 0 Å². The van der Waals surface area contributed by atoms with E-state index >= 15 is 0 Å². The Kier molecular flexibility index (Phi) is 4.56. The van der Waals surface area contributed by atoms with Crippen LogP contribution in [0.1, 0.15) is 23.7 Å². The largest absolute Gasteiger partial charge is 0.496 e. The van der Waals surface area contributed by atoms with Gasteiger partial charge in [-0.05, 0) is 37.9 Å². The van der Waals surface area contributed by atoms with Crippen molar-refractivity contribution in [2.75, 3.05) is 26.7 Å². The number of benzene rings is 1. The number of hydrogen-bond donors (Lipinski definition) is 1. The van der Waals surface area contributed by atoms with Crippen LogP contribution in [0.15, 0.2) is 24.3 Å². The molecule has 1 aromatic rings. The normalized spacial score (nSPS) is 21.3. The third-order valence-corrected chi connectivity index (χ3v) is 3.77. The Morgan fingerprint density at radius 1 is 1.53 bits per heavy atom. The smallest absolute Gasteiger partial charge is 0.180 e. The van der Waals surface area contributed by atoms with Gasteiger partial charge < -0.3 is 9.84 Å². The minimum atomic E-state index is -0.300. The van der Waals surface area contributed by atoms with Crippen LogP contribution < -0.4 is 4.74 Å². The van der Waals surface area contributed by atoms with E-state index in [4.69, 9.17) is 4.74 Å². The molecule has 1 N–H and O–H groups in total. The molecule has 4 nitrogen and oxygen atoms in total. The zero-order valence-corrected chi connectivity index (χ0v) is 11.5. The molecule has 0 saturated carbocycles. The molecule has 1 heterocycles. The first-order chi connectivity index (χ1) is 9.11. The first-order valence-electron chi connectivity index (χ1n) is 6.68. The molecule has 1 saturated heterocycles. The quantitative estimate of drug-likeness (QED) is 0.819. The van der Waals surface area contributed by atoms with Gasteiger partial charge in [-0.2, -0.15) is 0 Å². The van der Waals surface area contributed by atoms with Gasteiger partial charge in [-0.25, -0.2) is 0 Å². The number of carbonyl (C=O) groups is 1. The summed E-state index contributed by atoms with van der Waals surface area (Å²) in [7, 11) is 1.57. The van der Waals surface area contributed by atoms with E-state index in [0.717, 1.165) is 19.5 Å². The summed E-state index contributed by atoms with van der Waals surface area (Å²) in [5.74, 6) is 0.980.